The summed E-state index contributed by atoms with van der Waals surface area (Å²) in [5.74, 6) is -1.68. The lowest BCUT2D eigenvalue weighted by molar-refractivity contribution is -0.134. The van der Waals surface area contributed by atoms with Crippen LogP contribution in [0.5, 0.6) is 0 Å². The number of hydrogen-bond acceptors (Lipinski definition) is 9. The average Bonchev–Trinajstić information content (AvgIpc) is 3.57. The van der Waals surface area contributed by atoms with E-state index in [1.54, 1.807) is 6.07 Å². The molecule has 310 valence electrons. The first-order valence-corrected chi connectivity index (χ1v) is 21.4. The maximum Gasteiger partial charge on any atom is 0.254 e. The van der Waals surface area contributed by atoms with Gasteiger partial charge in [-0.15, -0.1) is 0 Å². The molecule has 2 N–H and O–H groups in total. The quantitative estimate of drug-likeness (QED) is 0.285. The van der Waals surface area contributed by atoms with Gasteiger partial charge in [0, 0.05) is 101 Å². The van der Waals surface area contributed by atoms with Crippen LogP contribution < -0.4 is 25.3 Å². The molecule has 0 aliphatic carbocycles. The molecule has 5 saturated heterocycles. The molecule has 0 unspecified atom stereocenters. The van der Waals surface area contributed by atoms with Gasteiger partial charge in [-0.05, 0) is 117 Å². The van der Waals surface area contributed by atoms with E-state index in [-0.39, 0.29) is 35.6 Å². The number of anilines is 3. The summed E-state index contributed by atoms with van der Waals surface area (Å²) in [5, 5.41) is 14.5. The van der Waals surface area contributed by atoms with Crippen LogP contribution in [-0.2, 0) is 9.59 Å². The van der Waals surface area contributed by atoms with Crippen molar-refractivity contribution in [2.45, 2.75) is 64.0 Å². The zero-order valence-corrected chi connectivity index (χ0v) is 34.4. The summed E-state index contributed by atoms with van der Waals surface area (Å²) in [6.45, 7) is 10.8. The van der Waals surface area contributed by atoms with E-state index >= 15 is 4.39 Å². The molecule has 14 heteroatoms. The van der Waals surface area contributed by atoms with E-state index < -0.39 is 23.7 Å². The number of nitrogens with one attached hydrogen (secondary N) is 2. The van der Waals surface area contributed by atoms with Crippen molar-refractivity contribution in [2.75, 3.05) is 80.1 Å². The van der Waals surface area contributed by atoms with Gasteiger partial charge in [-0.3, -0.25) is 29.4 Å². The summed E-state index contributed by atoms with van der Waals surface area (Å²) >= 11 is 6.38. The van der Waals surface area contributed by atoms with Crippen LogP contribution in [0.25, 0.3) is 0 Å². The van der Waals surface area contributed by atoms with E-state index in [0.29, 0.717) is 28.2 Å². The molecule has 0 saturated carbocycles. The highest BCUT2D eigenvalue weighted by Gasteiger charge is 2.44. The SMILES string of the molecule is C[C@@H]1CC2(CCN(c3ccc(C(=O)N4CCC(CN5CCN(c6ccc(C(=O)N[C@H]7CCC(=O)NC7=O)c(F)c6)CC5)CC4)cc3)CC2)CN1c1ccc(C#N)c(Cl)c1. The Morgan fingerprint density at radius 1 is 0.881 bits per heavy atom. The second-order valence-corrected chi connectivity index (χ2v) is 17.6. The minimum absolute atomic E-state index is 0.0934. The predicted molar refractivity (Wildman–Crippen MR) is 225 cm³/mol. The normalized spacial score (nSPS) is 22.7. The number of carbonyl (C=O) groups excluding carboxylic acids is 4. The van der Waals surface area contributed by atoms with Gasteiger partial charge >= 0.3 is 0 Å². The van der Waals surface area contributed by atoms with Gasteiger partial charge in [0.05, 0.1) is 16.1 Å². The molecule has 5 aliphatic rings. The van der Waals surface area contributed by atoms with Crippen molar-refractivity contribution in [3.05, 3.63) is 88.2 Å². The molecule has 4 amide bonds. The number of imide groups is 1. The molecule has 5 fully saturated rings. The summed E-state index contributed by atoms with van der Waals surface area (Å²) in [6, 6.07) is 20.2. The fourth-order valence-electron chi connectivity index (χ4n) is 9.86. The van der Waals surface area contributed by atoms with Gasteiger partial charge < -0.3 is 24.9 Å². The van der Waals surface area contributed by atoms with E-state index in [0.717, 1.165) is 114 Å². The lowest BCUT2D eigenvalue weighted by Crippen LogP contribution is -2.52. The number of hydrogen-bond donors (Lipinski definition) is 2. The first kappa shape index (κ1) is 40.6. The van der Waals surface area contributed by atoms with Gasteiger partial charge in [-0.1, -0.05) is 11.6 Å². The molecule has 5 aliphatic heterocycles. The molecule has 2 atom stereocenters. The molecule has 0 aromatic heterocycles. The average molecular weight is 823 g/mol. The van der Waals surface area contributed by atoms with Crippen molar-refractivity contribution in [1.82, 2.24) is 20.4 Å². The third kappa shape index (κ3) is 8.89. The topological polar surface area (TPSA) is 132 Å². The second-order valence-electron chi connectivity index (χ2n) is 17.2. The first-order chi connectivity index (χ1) is 28.5. The number of piperidine rings is 3. The smallest absolute Gasteiger partial charge is 0.254 e. The molecule has 0 radical (unpaired) electrons. The molecule has 1 spiro atoms. The summed E-state index contributed by atoms with van der Waals surface area (Å²) < 4.78 is 15.1. The molecular formula is C45H52ClFN8O4. The minimum atomic E-state index is -0.864. The van der Waals surface area contributed by atoms with Crippen molar-refractivity contribution in [1.29, 1.82) is 5.26 Å². The molecule has 3 aromatic carbocycles. The number of rotatable bonds is 8. The minimum Gasteiger partial charge on any atom is -0.371 e. The highest BCUT2D eigenvalue weighted by Crippen LogP contribution is 2.46. The van der Waals surface area contributed by atoms with Crippen molar-refractivity contribution >= 4 is 52.3 Å². The van der Waals surface area contributed by atoms with Crippen LogP contribution >= 0.6 is 11.6 Å². The van der Waals surface area contributed by atoms with Gasteiger partial charge in [0.25, 0.3) is 11.8 Å². The Bertz CT molecular complexity index is 2120. The molecule has 0 bridgehead atoms. The molecule has 59 heavy (non-hydrogen) atoms. The Balaban J connectivity index is 0.757. The van der Waals surface area contributed by atoms with Crippen molar-refractivity contribution < 1.29 is 23.6 Å². The van der Waals surface area contributed by atoms with Crippen molar-refractivity contribution in [3.63, 3.8) is 0 Å². The third-order valence-corrected chi connectivity index (χ3v) is 13.7. The van der Waals surface area contributed by atoms with Gasteiger partial charge in [0.15, 0.2) is 0 Å². The highest BCUT2D eigenvalue weighted by atomic mass is 35.5. The van der Waals surface area contributed by atoms with E-state index in [1.165, 1.54) is 12.1 Å². The summed E-state index contributed by atoms with van der Waals surface area (Å²) in [5.41, 5.74) is 4.32. The Hall–Kier alpha value is -5.19. The van der Waals surface area contributed by atoms with Gasteiger partial charge in [-0.25, -0.2) is 4.39 Å². The zero-order chi connectivity index (χ0) is 41.3. The number of likely N-dealkylation sites (tertiary alicyclic amines) is 1. The number of piperazine rings is 1. The molecule has 8 rings (SSSR count). The van der Waals surface area contributed by atoms with Crippen LogP contribution in [0.2, 0.25) is 5.02 Å². The van der Waals surface area contributed by atoms with Crippen molar-refractivity contribution in [3.8, 4) is 6.07 Å². The zero-order valence-electron chi connectivity index (χ0n) is 33.6. The molecule has 12 nitrogen and oxygen atoms in total. The summed E-state index contributed by atoms with van der Waals surface area (Å²) in [7, 11) is 0. The van der Waals surface area contributed by atoms with Gasteiger partial charge in [-0.2, -0.15) is 5.26 Å². The van der Waals surface area contributed by atoms with E-state index in [4.69, 9.17) is 11.6 Å². The fourth-order valence-corrected chi connectivity index (χ4v) is 10.1. The van der Waals surface area contributed by atoms with Gasteiger partial charge in [0.1, 0.15) is 17.9 Å². The molecule has 5 heterocycles. The maximum absolute atomic E-state index is 15.1. The van der Waals surface area contributed by atoms with Crippen LogP contribution in [0.15, 0.2) is 60.7 Å². The van der Waals surface area contributed by atoms with Crippen LogP contribution in [0.3, 0.4) is 0 Å². The Labute approximate surface area is 350 Å². The molecular weight excluding hydrogens is 771 g/mol. The monoisotopic (exact) mass is 822 g/mol. The predicted octanol–water partition coefficient (Wildman–Crippen LogP) is 5.45. The third-order valence-electron chi connectivity index (χ3n) is 13.4. The second kappa shape index (κ2) is 17.2. The number of carbonyl (C=O) groups is 4. The summed E-state index contributed by atoms with van der Waals surface area (Å²) in [4.78, 5) is 61.1. The summed E-state index contributed by atoms with van der Waals surface area (Å²) in [6.07, 6.45) is 5.59. The highest BCUT2D eigenvalue weighted by molar-refractivity contribution is 6.32. The Kier molecular flexibility index (Phi) is 11.8. The largest absolute Gasteiger partial charge is 0.371 e. The lowest BCUT2D eigenvalue weighted by atomic mass is 9.76. The first-order valence-electron chi connectivity index (χ1n) is 21.0. The number of benzene rings is 3. The van der Waals surface area contributed by atoms with E-state index in [2.05, 4.69) is 55.4 Å². The number of nitrogens with zero attached hydrogens (tertiary/aromatic N) is 6. The number of nitriles is 1. The lowest BCUT2D eigenvalue weighted by Gasteiger charge is -2.40. The Morgan fingerprint density at radius 2 is 1.56 bits per heavy atom. The fraction of sp³-hybridized carbons (Fsp3) is 0.489. The van der Waals surface area contributed by atoms with Crippen LogP contribution in [0, 0.1) is 28.5 Å². The molecule has 3 aromatic rings. The van der Waals surface area contributed by atoms with Crippen LogP contribution in [0.1, 0.15) is 78.1 Å². The number of amides is 4. The number of halogens is 2. The van der Waals surface area contributed by atoms with Crippen molar-refractivity contribution in [2.24, 2.45) is 11.3 Å². The Morgan fingerprint density at radius 3 is 2.22 bits per heavy atom. The van der Waals surface area contributed by atoms with Gasteiger partial charge in [0.2, 0.25) is 11.8 Å². The maximum atomic E-state index is 15.1. The van der Waals surface area contributed by atoms with E-state index in [1.807, 2.05) is 35.2 Å². The van der Waals surface area contributed by atoms with Crippen LogP contribution in [0.4, 0.5) is 21.5 Å². The van der Waals surface area contributed by atoms with E-state index in [9.17, 15) is 24.4 Å². The standard InChI is InChI=1S/C45H52ClFN8O4/c1-30-26-45(29-55(30)36-7-4-33(27-48)38(46)24-36)14-18-52(19-15-45)34-5-2-32(3-6-34)44(59)54-16-12-31(13-17-54)28-51-20-22-53(23-21-51)35-8-9-37(39(47)25-35)42(57)49-40-10-11-41(56)50-43(40)58/h2-9,24-25,30-31,40H,10-23,26,28-29H2,1H3,(H,49,57)(H,50,56,58)/t30-,40+/m1/s1. The van der Waals surface area contributed by atoms with Crippen LogP contribution in [-0.4, -0.2) is 111 Å².